The number of nitrogens with zero attached hydrogens (tertiary/aromatic N) is 2. The predicted molar refractivity (Wildman–Crippen MR) is 105 cm³/mol. The Kier molecular flexibility index (Phi) is 5.38. The number of non-ortho nitro benzene ring substituents is 1. The Morgan fingerprint density at radius 2 is 2.07 bits per heavy atom. The zero-order valence-electron chi connectivity index (χ0n) is 14.4. The standard InChI is InChI=1S/C18H14ClN3O4S/c1-10-7-12(22(24)25)4-5-13(10)17(23)21-18-20-15(9-27-18)11-3-6-16(26-2)14(19)8-11/h3-9H,1-2H3,(H,20,21,23). The molecular weight excluding hydrogens is 390 g/mol. The molecule has 0 saturated carbocycles. The summed E-state index contributed by atoms with van der Waals surface area (Å²) < 4.78 is 5.13. The van der Waals surface area contributed by atoms with Gasteiger partial charge in [0.05, 0.1) is 22.7 Å². The van der Waals surface area contributed by atoms with Crippen LogP contribution in [0.3, 0.4) is 0 Å². The van der Waals surface area contributed by atoms with E-state index in [0.717, 1.165) is 5.56 Å². The maximum Gasteiger partial charge on any atom is 0.269 e. The first-order valence-corrected chi connectivity index (χ1v) is 9.00. The maximum atomic E-state index is 12.4. The highest BCUT2D eigenvalue weighted by Crippen LogP contribution is 2.32. The zero-order valence-corrected chi connectivity index (χ0v) is 15.9. The van der Waals surface area contributed by atoms with E-state index >= 15 is 0 Å². The molecule has 2 aromatic carbocycles. The van der Waals surface area contributed by atoms with Crippen LogP contribution in [0.15, 0.2) is 41.8 Å². The van der Waals surface area contributed by atoms with Gasteiger partial charge in [0, 0.05) is 28.6 Å². The predicted octanol–water partition coefficient (Wildman–Crippen LogP) is 4.94. The van der Waals surface area contributed by atoms with E-state index in [0.29, 0.717) is 32.7 Å². The number of hydrogen-bond donors (Lipinski definition) is 1. The monoisotopic (exact) mass is 403 g/mol. The van der Waals surface area contributed by atoms with Crippen LogP contribution >= 0.6 is 22.9 Å². The van der Waals surface area contributed by atoms with Gasteiger partial charge in [-0.05, 0) is 36.8 Å². The van der Waals surface area contributed by atoms with Gasteiger partial charge < -0.3 is 4.74 Å². The lowest BCUT2D eigenvalue weighted by Crippen LogP contribution is -2.13. The molecule has 1 aromatic heterocycles. The van der Waals surface area contributed by atoms with Gasteiger partial charge in [0.25, 0.3) is 11.6 Å². The number of amides is 1. The summed E-state index contributed by atoms with van der Waals surface area (Å²) in [6, 6.07) is 9.40. The van der Waals surface area contributed by atoms with E-state index in [1.807, 2.05) is 6.07 Å². The van der Waals surface area contributed by atoms with Crippen molar-refractivity contribution in [2.24, 2.45) is 0 Å². The highest BCUT2D eigenvalue weighted by Gasteiger charge is 2.15. The molecule has 7 nitrogen and oxygen atoms in total. The average molecular weight is 404 g/mol. The van der Waals surface area contributed by atoms with Crippen molar-refractivity contribution >= 4 is 39.7 Å². The van der Waals surface area contributed by atoms with E-state index in [4.69, 9.17) is 16.3 Å². The van der Waals surface area contributed by atoms with E-state index in [1.54, 1.807) is 24.4 Å². The van der Waals surface area contributed by atoms with Gasteiger partial charge in [-0.2, -0.15) is 0 Å². The highest BCUT2D eigenvalue weighted by molar-refractivity contribution is 7.14. The normalized spacial score (nSPS) is 10.5. The van der Waals surface area contributed by atoms with E-state index in [1.165, 1.54) is 36.6 Å². The average Bonchev–Trinajstić information content (AvgIpc) is 3.09. The summed E-state index contributed by atoms with van der Waals surface area (Å²) in [5, 5.41) is 16.2. The van der Waals surface area contributed by atoms with Crippen LogP contribution < -0.4 is 10.1 Å². The van der Waals surface area contributed by atoms with Crippen LogP contribution in [0, 0.1) is 17.0 Å². The third kappa shape index (κ3) is 4.07. The molecular formula is C18H14ClN3O4S. The molecule has 0 saturated heterocycles. The number of nitro groups is 1. The Morgan fingerprint density at radius 1 is 1.30 bits per heavy atom. The van der Waals surface area contributed by atoms with E-state index in [-0.39, 0.29) is 11.6 Å². The summed E-state index contributed by atoms with van der Waals surface area (Å²) in [6.45, 7) is 1.65. The molecule has 1 amide bonds. The topological polar surface area (TPSA) is 94.4 Å². The highest BCUT2D eigenvalue weighted by atomic mass is 35.5. The lowest BCUT2D eigenvalue weighted by atomic mass is 10.1. The molecule has 0 aliphatic carbocycles. The van der Waals surface area contributed by atoms with Crippen molar-refractivity contribution in [3.8, 4) is 17.0 Å². The minimum atomic E-state index is -0.498. The van der Waals surface area contributed by atoms with Gasteiger partial charge in [0.2, 0.25) is 0 Å². The van der Waals surface area contributed by atoms with Crippen LogP contribution in [0.2, 0.25) is 5.02 Å². The Balaban J connectivity index is 1.78. The number of benzene rings is 2. The van der Waals surface area contributed by atoms with Gasteiger partial charge >= 0.3 is 0 Å². The van der Waals surface area contributed by atoms with E-state index in [9.17, 15) is 14.9 Å². The van der Waals surface area contributed by atoms with Gasteiger partial charge in [-0.3, -0.25) is 20.2 Å². The van der Waals surface area contributed by atoms with E-state index < -0.39 is 4.92 Å². The third-order valence-electron chi connectivity index (χ3n) is 3.84. The minimum Gasteiger partial charge on any atom is -0.495 e. The first-order valence-electron chi connectivity index (χ1n) is 7.75. The molecule has 1 heterocycles. The Bertz CT molecular complexity index is 1040. The molecule has 0 spiro atoms. The zero-order chi connectivity index (χ0) is 19.6. The Hall–Kier alpha value is -2.97. The van der Waals surface area contributed by atoms with Gasteiger partial charge in [0.15, 0.2) is 5.13 Å². The summed E-state index contributed by atoms with van der Waals surface area (Å²) in [5.74, 6) is 0.189. The smallest absolute Gasteiger partial charge is 0.269 e. The molecule has 3 aromatic rings. The number of ether oxygens (including phenoxy) is 1. The first-order chi connectivity index (χ1) is 12.9. The summed E-state index contributed by atoms with van der Waals surface area (Å²) in [7, 11) is 1.54. The van der Waals surface area contributed by atoms with Crippen molar-refractivity contribution in [1.29, 1.82) is 0 Å². The number of nitrogens with one attached hydrogen (secondary N) is 1. The van der Waals surface area contributed by atoms with Crippen LogP contribution in [-0.2, 0) is 0 Å². The summed E-state index contributed by atoms with van der Waals surface area (Å²) in [6.07, 6.45) is 0. The summed E-state index contributed by atoms with van der Waals surface area (Å²) in [4.78, 5) is 27.2. The van der Waals surface area contributed by atoms with Gasteiger partial charge in [-0.15, -0.1) is 11.3 Å². The summed E-state index contributed by atoms with van der Waals surface area (Å²) in [5.41, 5.74) is 2.27. The fourth-order valence-electron chi connectivity index (χ4n) is 2.47. The molecule has 0 atom stereocenters. The largest absolute Gasteiger partial charge is 0.495 e. The molecule has 0 aliphatic rings. The molecule has 1 N–H and O–H groups in total. The molecule has 0 aliphatic heterocycles. The number of halogens is 1. The minimum absolute atomic E-state index is 0.0584. The first kappa shape index (κ1) is 18.8. The number of rotatable bonds is 5. The molecule has 27 heavy (non-hydrogen) atoms. The number of aromatic nitrogens is 1. The van der Waals surface area contributed by atoms with Crippen LogP contribution in [0.4, 0.5) is 10.8 Å². The third-order valence-corrected chi connectivity index (χ3v) is 4.89. The fraction of sp³-hybridized carbons (Fsp3) is 0.111. The molecule has 0 bridgehead atoms. The van der Waals surface area contributed by atoms with Crippen LogP contribution in [0.1, 0.15) is 15.9 Å². The quantitative estimate of drug-likeness (QED) is 0.481. The molecule has 0 radical (unpaired) electrons. The van der Waals surface area contributed by atoms with Crippen molar-refractivity contribution in [3.63, 3.8) is 0 Å². The lowest BCUT2D eigenvalue weighted by molar-refractivity contribution is -0.384. The van der Waals surface area contributed by atoms with Crippen molar-refractivity contribution in [2.75, 3.05) is 12.4 Å². The number of hydrogen-bond acceptors (Lipinski definition) is 6. The summed E-state index contributed by atoms with van der Waals surface area (Å²) >= 11 is 7.41. The van der Waals surface area contributed by atoms with Crippen molar-refractivity contribution in [1.82, 2.24) is 4.98 Å². The van der Waals surface area contributed by atoms with Crippen molar-refractivity contribution < 1.29 is 14.5 Å². The lowest BCUT2D eigenvalue weighted by Gasteiger charge is -2.05. The number of thiazole rings is 1. The molecule has 0 fully saturated rings. The van der Waals surface area contributed by atoms with Gasteiger partial charge in [-0.1, -0.05) is 11.6 Å². The maximum absolute atomic E-state index is 12.4. The fourth-order valence-corrected chi connectivity index (χ4v) is 3.44. The number of anilines is 1. The SMILES string of the molecule is COc1ccc(-c2csc(NC(=O)c3ccc([N+](=O)[O-])cc3C)n2)cc1Cl. The second-order valence-corrected chi connectivity index (χ2v) is 6.86. The molecule has 138 valence electrons. The second kappa shape index (κ2) is 7.73. The second-order valence-electron chi connectivity index (χ2n) is 5.60. The van der Waals surface area contributed by atoms with Gasteiger partial charge in [-0.25, -0.2) is 4.98 Å². The number of methoxy groups -OCH3 is 1. The molecule has 3 rings (SSSR count). The number of carbonyl (C=O) groups excluding carboxylic acids is 1. The number of aryl methyl sites for hydroxylation is 1. The van der Waals surface area contributed by atoms with E-state index in [2.05, 4.69) is 10.3 Å². The molecule has 0 unspecified atom stereocenters. The van der Waals surface area contributed by atoms with Gasteiger partial charge in [0.1, 0.15) is 5.75 Å². The van der Waals surface area contributed by atoms with Crippen LogP contribution in [0.5, 0.6) is 5.75 Å². The number of carbonyl (C=O) groups is 1. The Morgan fingerprint density at radius 3 is 2.70 bits per heavy atom. The van der Waals surface area contributed by atoms with Crippen LogP contribution in [0.25, 0.3) is 11.3 Å². The van der Waals surface area contributed by atoms with Crippen molar-refractivity contribution in [2.45, 2.75) is 6.92 Å². The number of nitro benzene ring substituents is 1. The Labute approximate surface area is 163 Å². The van der Waals surface area contributed by atoms with Crippen LogP contribution in [-0.4, -0.2) is 22.9 Å². The molecule has 9 heteroatoms. The van der Waals surface area contributed by atoms with Crippen molar-refractivity contribution in [3.05, 3.63) is 68.0 Å².